The Morgan fingerprint density at radius 2 is 1.86 bits per heavy atom. The minimum atomic E-state index is -0.327. The van der Waals surface area contributed by atoms with Crippen molar-refractivity contribution in [3.05, 3.63) is 47.1 Å². The van der Waals surface area contributed by atoms with Gasteiger partial charge in [-0.1, -0.05) is 24.3 Å². The molecule has 22 heavy (non-hydrogen) atoms. The Morgan fingerprint density at radius 1 is 1.23 bits per heavy atom. The van der Waals surface area contributed by atoms with E-state index in [1.807, 2.05) is 75.3 Å². The molecule has 0 radical (unpaired) electrons. The van der Waals surface area contributed by atoms with Crippen LogP contribution in [0.5, 0.6) is 0 Å². The molecule has 0 atom stereocenters. The Kier molecular flexibility index (Phi) is 4.37. The van der Waals surface area contributed by atoms with Crippen LogP contribution in [-0.2, 0) is 4.79 Å². The molecule has 4 heteroatoms. The SMILES string of the molecule is CN(C)c1ccc(/C=C/C2=C(C#N)C(=O)NC(C)(C)C2)cc1. The summed E-state index contributed by atoms with van der Waals surface area (Å²) in [5.41, 5.74) is 2.84. The molecule has 0 unspecified atom stereocenters. The molecule has 1 amide bonds. The van der Waals surface area contributed by atoms with Gasteiger partial charge in [-0.25, -0.2) is 0 Å². The Bertz CT molecular complexity index is 673. The molecule has 1 heterocycles. The van der Waals surface area contributed by atoms with Gasteiger partial charge in [0.25, 0.3) is 5.91 Å². The van der Waals surface area contributed by atoms with Gasteiger partial charge < -0.3 is 10.2 Å². The monoisotopic (exact) mass is 295 g/mol. The molecular formula is C18H21N3O. The number of benzene rings is 1. The van der Waals surface area contributed by atoms with Crippen LogP contribution >= 0.6 is 0 Å². The first-order chi connectivity index (χ1) is 10.3. The summed E-state index contributed by atoms with van der Waals surface area (Å²) >= 11 is 0. The van der Waals surface area contributed by atoms with E-state index in [2.05, 4.69) is 5.32 Å². The number of nitrogens with zero attached hydrogens (tertiary/aromatic N) is 2. The van der Waals surface area contributed by atoms with Gasteiger partial charge in [-0.15, -0.1) is 0 Å². The Balaban J connectivity index is 2.27. The van der Waals surface area contributed by atoms with Gasteiger partial charge in [0.05, 0.1) is 0 Å². The maximum atomic E-state index is 12.0. The highest BCUT2D eigenvalue weighted by atomic mass is 16.1. The van der Waals surface area contributed by atoms with E-state index in [1.54, 1.807) is 0 Å². The highest BCUT2D eigenvalue weighted by Crippen LogP contribution is 2.26. The van der Waals surface area contributed by atoms with Gasteiger partial charge in [0, 0.05) is 25.3 Å². The molecular weight excluding hydrogens is 274 g/mol. The first-order valence-corrected chi connectivity index (χ1v) is 7.23. The molecule has 114 valence electrons. The van der Waals surface area contributed by atoms with Gasteiger partial charge in [-0.05, 0) is 43.5 Å². The smallest absolute Gasteiger partial charge is 0.262 e. The van der Waals surface area contributed by atoms with E-state index in [1.165, 1.54) is 0 Å². The number of rotatable bonds is 3. The van der Waals surface area contributed by atoms with Crippen LogP contribution in [0.25, 0.3) is 6.08 Å². The van der Waals surface area contributed by atoms with Gasteiger partial charge in [-0.2, -0.15) is 5.26 Å². The molecule has 0 saturated carbocycles. The quantitative estimate of drug-likeness (QED) is 0.933. The highest BCUT2D eigenvalue weighted by molar-refractivity contribution is 6.00. The summed E-state index contributed by atoms with van der Waals surface area (Å²) in [6.07, 6.45) is 4.47. The lowest BCUT2D eigenvalue weighted by atomic mass is 9.87. The first kappa shape index (κ1) is 15.8. The van der Waals surface area contributed by atoms with Crippen LogP contribution in [0.2, 0.25) is 0 Å². The summed E-state index contributed by atoms with van der Waals surface area (Å²) in [7, 11) is 4.00. The largest absolute Gasteiger partial charge is 0.378 e. The first-order valence-electron chi connectivity index (χ1n) is 7.23. The molecule has 1 N–H and O–H groups in total. The fourth-order valence-electron chi connectivity index (χ4n) is 2.47. The number of carbonyl (C=O) groups excluding carboxylic acids is 1. The Labute approximate surface area is 131 Å². The van der Waals surface area contributed by atoms with Gasteiger partial charge >= 0.3 is 0 Å². The van der Waals surface area contributed by atoms with Crippen LogP contribution in [0, 0.1) is 11.3 Å². The number of amides is 1. The second-order valence-electron chi connectivity index (χ2n) is 6.35. The van der Waals surface area contributed by atoms with Crippen LogP contribution in [0.15, 0.2) is 41.5 Å². The number of hydrogen-bond acceptors (Lipinski definition) is 3. The number of hydrogen-bond donors (Lipinski definition) is 1. The van der Waals surface area contributed by atoms with Gasteiger partial charge in [0.15, 0.2) is 0 Å². The van der Waals surface area contributed by atoms with Crippen molar-refractivity contribution in [2.45, 2.75) is 25.8 Å². The third-order valence-electron chi connectivity index (χ3n) is 3.63. The molecule has 1 aliphatic rings. The van der Waals surface area contributed by atoms with Crippen LogP contribution in [-0.4, -0.2) is 25.5 Å². The second kappa shape index (κ2) is 6.07. The topological polar surface area (TPSA) is 56.1 Å². The zero-order valence-electron chi connectivity index (χ0n) is 13.5. The number of carbonyl (C=O) groups is 1. The van der Waals surface area contributed by atoms with Crippen molar-refractivity contribution < 1.29 is 4.79 Å². The van der Waals surface area contributed by atoms with Crippen molar-refractivity contribution in [2.75, 3.05) is 19.0 Å². The van der Waals surface area contributed by atoms with Gasteiger partial charge in [0.2, 0.25) is 0 Å². The van der Waals surface area contributed by atoms with Gasteiger partial charge in [-0.3, -0.25) is 4.79 Å². The molecule has 1 aromatic carbocycles. The molecule has 1 aliphatic heterocycles. The minimum Gasteiger partial charge on any atom is -0.378 e. The summed E-state index contributed by atoms with van der Waals surface area (Å²) in [5.74, 6) is -0.290. The van der Waals surface area contributed by atoms with E-state index in [9.17, 15) is 10.1 Å². The minimum absolute atomic E-state index is 0.209. The predicted molar refractivity (Wildman–Crippen MR) is 89.3 cm³/mol. The summed E-state index contributed by atoms with van der Waals surface area (Å²) in [5, 5.41) is 12.0. The molecule has 0 aliphatic carbocycles. The number of allylic oxidation sites excluding steroid dienone is 1. The lowest BCUT2D eigenvalue weighted by Crippen LogP contribution is -2.47. The van der Waals surface area contributed by atoms with Crippen molar-refractivity contribution in [1.82, 2.24) is 5.32 Å². The number of nitrogens with one attached hydrogen (secondary N) is 1. The maximum Gasteiger partial charge on any atom is 0.262 e. The van der Waals surface area contributed by atoms with Crippen LogP contribution in [0.1, 0.15) is 25.8 Å². The Morgan fingerprint density at radius 3 is 2.41 bits per heavy atom. The summed E-state index contributed by atoms with van der Waals surface area (Å²) < 4.78 is 0. The third-order valence-corrected chi connectivity index (χ3v) is 3.63. The van der Waals surface area contributed by atoms with Crippen molar-refractivity contribution in [1.29, 1.82) is 5.26 Å². The van der Waals surface area contributed by atoms with Gasteiger partial charge in [0.1, 0.15) is 11.6 Å². The molecule has 2 rings (SSSR count). The van der Waals surface area contributed by atoms with E-state index >= 15 is 0 Å². The predicted octanol–water partition coefficient (Wildman–Crippen LogP) is 2.88. The van der Waals surface area contributed by atoms with Crippen LogP contribution < -0.4 is 10.2 Å². The van der Waals surface area contributed by atoms with Crippen molar-refractivity contribution in [3.63, 3.8) is 0 Å². The fourth-order valence-corrected chi connectivity index (χ4v) is 2.47. The molecule has 0 aromatic heterocycles. The van der Waals surface area contributed by atoms with E-state index in [0.717, 1.165) is 16.8 Å². The summed E-state index contributed by atoms with van der Waals surface area (Å²) in [6, 6.07) is 10.1. The molecule has 0 saturated heterocycles. The average molecular weight is 295 g/mol. The molecule has 0 spiro atoms. The molecule has 0 bridgehead atoms. The summed E-state index contributed by atoms with van der Waals surface area (Å²) in [4.78, 5) is 14.0. The third kappa shape index (κ3) is 3.56. The van der Waals surface area contributed by atoms with E-state index in [0.29, 0.717) is 6.42 Å². The molecule has 1 aromatic rings. The lowest BCUT2D eigenvalue weighted by Gasteiger charge is -2.31. The zero-order chi connectivity index (χ0) is 16.3. The van der Waals surface area contributed by atoms with E-state index in [4.69, 9.17) is 0 Å². The van der Waals surface area contributed by atoms with Crippen molar-refractivity contribution in [2.24, 2.45) is 0 Å². The van der Waals surface area contributed by atoms with Crippen LogP contribution in [0.4, 0.5) is 5.69 Å². The fraction of sp³-hybridized carbons (Fsp3) is 0.333. The lowest BCUT2D eigenvalue weighted by molar-refractivity contribution is -0.119. The highest BCUT2D eigenvalue weighted by Gasteiger charge is 2.30. The zero-order valence-corrected chi connectivity index (χ0v) is 13.5. The normalized spacial score (nSPS) is 17.3. The maximum absolute atomic E-state index is 12.0. The second-order valence-corrected chi connectivity index (χ2v) is 6.35. The van der Waals surface area contributed by atoms with E-state index in [-0.39, 0.29) is 17.0 Å². The van der Waals surface area contributed by atoms with Crippen molar-refractivity contribution in [3.8, 4) is 6.07 Å². The van der Waals surface area contributed by atoms with E-state index < -0.39 is 0 Å². The molecule has 4 nitrogen and oxygen atoms in total. The van der Waals surface area contributed by atoms with Crippen molar-refractivity contribution >= 4 is 17.7 Å². The number of anilines is 1. The molecule has 0 fully saturated rings. The van der Waals surface area contributed by atoms with Crippen LogP contribution in [0.3, 0.4) is 0 Å². The average Bonchev–Trinajstić information content (AvgIpc) is 2.44. The standard InChI is InChI=1S/C18H21N3O/c1-18(2)11-14(16(12-19)17(22)20-18)8-5-13-6-9-15(10-7-13)21(3)4/h5-10H,11H2,1-4H3,(H,20,22)/b8-5+. The Hall–Kier alpha value is -2.54. The summed E-state index contributed by atoms with van der Waals surface area (Å²) in [6.45, 7) is 3.91. The number of nitriles is 1.